The molecule has 0 N–H and O–H groups in total. The van der Waals surface area contributed by atoms with Crippen molar-refractivity contribution in [2.75, 3.05) is 14.2 Å². The van der Waals surface area contributed by atoms with Gasteiger partial charge >= 0.3 is 5.97 Å². The number of cyclic esters (lactones) is 1. The molecule has 0 spiro atoms. The minimum atomic E-state index is -0.534. The van der Waals surface area contributed by atoms with Gasteiger partial charge in [0.2, 0.25) is 0 Å². The molecule has 0 aliphatic carbocycles. The Morgan fingerprint density at radius 3 is 2.62 bits per heavy atom. The molecule has 1 atom stereocenters. The number of hydrogen-bond acceptors (Lipinski definition) is 6. The molecule has 1 heterocycles. The van der Waals surface area contributed by atoms with E-state index < -0.39 is 11.4 Å². The van der Waals surface area contributed by atoms with E-state index in [1.54, 1.807) is 30.3 Å². The highest BCUT2D eigenvalue weighted by Gasteiger charge is 2.28. The Morgan fingerprint density at radius 2 is 1.88 bits per heavy atom. The van der Waals surface area contributed by atoms with Crippen molar-refractivity contribution in [2.45, 2.75) is 16.8 Å². The molecule has 0 saturated carbocycles. The molecule has 2 aromatic carbocycles. The van der Waals surface area contributed by atoms with Crippen molar-refractivity contribution in [2.24, 2.45) is 0 Å². The van der Waals surface area contributed by atoms with Gasteiger partial charge in [-0.25, -0.2) is 4.79 Å². The topological polar surface area (TPSA) is 61.8 Å². The van der Waals surface area contributed by atoms with Crippen LogP contribution in [0.15, 0.2) is 47.4 Å². The maximum Gasteiger partial charge on any atom is 0.340 e. The summed E-state index contributed by atoms with van der Waals surface area (Å²) in [6, 6.07) is 12.2. The highest BCUT2D eigenvalue weighted by atomic mass is 32.2. The molecular weight excluding hydrogens is 328 g/mol. The molecule has 6 heteroatoms. The molecule has 0 aromatic heterocycles. The fourth-order valence-corrected chi connectivity index (χ4v) is 3.54. The Balaban J connectivity index is 1.75. The molecule has 124 valence electrons. The Hall–Kier alpha value is -2.47. The van der Waals surface area contributed by atoms with E-state index >= 15 is 0 Å². The quantitative estimate of drug-likeness (QED) is 0.610. The first-order chi connectivity index (χ1) is 11.6. The van der Waals surface area contributed by atoms with E-state index in [0.29, 0.717) is 22.6 Å². The predicted molar refractivity (Wildman–Crippen MR) is 90.0 cm³/mol. The van der Waals surface area contributed by atoms with Crippen LogP contribution in [0.4, 0.5) is 0 Å². The van der Waals surface area contributed by atoms with Gasteiger partial charge in [0.05, 0.1) is 26.2 Å². The lowest BCUT2D eigenvalue weighted by Gasteiger charge is -2.23. The molecule has 0 amide bonds. The third-order valence-electron chi connectivity index (χ3n) is 3.66. The summed E-state index contributed by atoms with van der Waals surface area (Å²) < 4.78 is 15.7. The lowest BCUT2D eigenvalue weighted by molar-refractivity contribution is 0.0428. The lowest BCUT2D eigenvalue weighted by Crippen LogP contribution is -2.23. The van der Waals surface area contributed by atoms with Gasteiger partial charge in [0.1, 0.15) is 0 Å². The zero-order chi connectivity index (χ0) is 17.1. The zero-order valence-corrected chi connectivity index (χ0v) is 14.1. The maximum atomic E-state index is 12.5. The summed E-state index contributed by atoms with van der Waals surface area (Å²) in [5.41, 5.74) is 0.494. The second kappa shape index (κ2) is 6.97. The molecule has 0 bridgehead atoms. The Labute approximate surface area is 143 Å². The molecule has 0 saturated heterocycles. The summed E-state index contributed by atoms with van der Waals surface area (Å²) >= 11 is 1.38. The second-order valence-electron chi connectivity index (χ2n) is 5.15. The minimum absolute atomic E-state index is 0.0974. The highest BCUT2D eigenvalue weighted by Crippen LogP contribution is 2.36. The zero-order valence-electron chi connectivity index (χ0n) is 13.3. The number of methoxy groups -OCH3 is 2. The van der Waals surface area contributed by atoms with Crippen molar-refractivity contribution >= 4 is 23.5 Å². The van der Waals surface area contributed by atoms with Crippen LogP contribution in [0, 0.1) is 0 Å². The minimum Gasteiger partial charge on any atom is -0.493 e. The molecule has 0 fully saturated rings. The Kier molecular flexibility index (Phi) is 4.76. The molecule has 1 aliphatic heterocycles. The summed E-state index contributed by atoms with van der Waals surface area (Å²) in [5, 5.41) is 0. The molecule has 2 aromatic rings. The van der Waals surface area contributed by atoms with E-state index in [2.05, 4.69) is 0 Å². The number of ether oxygens (including phenoxy) is 3. The van der Waals surface area contributed by atoms with Crippen LogP contribution in [0.1, 0.15) is 27.1 Å². The summed E-state index contributed by atoms with van der Waals surface area (Å²) in [6.07, 6.45) is 0.0974. The Bertz CT molecular complexity index is 787. The van der Waals surface area contributed by atoms with Gasteiger partial charge in [0, 0.05) is 10.5 Å². The number of rotatable bonds is 5. The first-order valence-corrected chi connectivity index (χ1v) is 8.22. The standard InChI is InChI=1S/C18H16O5S/c1-21-14-8-7-11(9-15(14)22-2)13(19)10-17-23-18(20)12-5-3-4-6-16(12)24-17/h3-9,17H,10H2,1-2H3. The molecular formula is C18H16O5S. The fraction of sp³-hybridized carbons (Fsp3) is 0.222. The number of ketones is 1. The van der Waals surface area contributed by atoms with E-state index in [-0.39, 0.29) is 12.2 Å². The van der Waals surface area contributed by atoms with Crippen LogP contribution in [0.5, 0.6) is 11.5 Å². The van der Waals surface area contributed by atoms with E-state index in [0.717, 1.165) is 4.90 Å². The average Bonchev–Trinajstić information content (AvgIpc) is 2.61. The third kappa shape index (κ3) is 3.23. The molecule has 5 nitrogen and oxygen atoms in total. The number of hydrogen-bond donors (Lipinski definition) is 0. The van der Waals surface area contributed by atoms with Crippen molar-refractivity contribution in [3.63, 3.8) is 0 Å². The van der Waals surface area contributed by atoms with Crippen LogP contribution in [-0.4, -0.2) is 31.4 Å². The van der Waals surface area contributed by atoms with Crippen molar-refractivity contribution in [1.82, 2.24) is 0 Å². The van der Waals surface area contributed by atoms with Crippen LogP contribution >= 0.6 is 11.8 Å². The highest BCUT2D eigenvalue weighted by molar-refractivity contribution is 8.00. The SMILES string of the molecule is COc1ccc(C(=O)CC2OC(=O)c3ccccc3S2)cc1OC. The largest absolute Gasteiger partial charge is 0.493 e. The van der Waals surface area contributed by atoms with Crippen molar-refractivity contribution in [1.29, 1.82) is 0 Å². The van der Waals surface area contributed by atoms with Gasteiger partial charge in [0.15, 0.2) is 22.7 Å². The number of thioether (sulfide) groups is 1. The smallest absolute Gasteiger partial charge is 0.340 e. The number of esters is 1. The molecule has 0 radical (unpaired) electrons. The average molecular weight is 344 g/mol. The third-order valence-corrected chi connectivity index (χ3v) is 4.80. The second-order valence-corrected chi connectivity index (χ2v) is 6.35. The van der Waals surface area contributed by atoms with Crippen LogP contribution in [0.3, 0.4) is 0 Å². The van der Waals surface area contributed by atoms with Crippen molar-refractivity contribution < 1.29 is 23.8 Å². The maximum absolute atomic E-state index is 12.5. The number of Topliss-reactive ketones (excluding diaryl/α,β-unsaturated/α-hetero) is 1. The van der Waals surface area contributed by atoms with Gasteiger partial charge in [0.25, 0.3) is 0 Å². The monoisotopic (exact) mass is 344 g/mol. The summed E-state index contributed by atoms with van der Waals surface area (Å²) in [6.45, 7) is 0. The lowest BCUT2D eigenvalue weighted by atomic mass is 10.1. The number of carbonyl (C=O) groups excluding carboxylic acids is 2. The Morgan fingerprint density at radius 1 is 1.12 bits per heavy atom. The first-order valence-electron chi connectivity index (χ1n) is 7.34. The van der Waals surface area contributed by atoms with Gasteiger partial charge in [-0.15, -0.1) is 0 Å². The van der Waals surface area contributed by atoms with Gasteiger partial charge in [-0.3, -0.25) is 4.79 Å². The van der Waals surface area contributed by atoms with Gasteiger partial charge < -0.3 is 14.2 Å². The summed E-state index contributed by atoms with van der Waals surface area (Å²) in [7, 11) is 3.05. The van der Waals surface area contributed by atoms with E-state index in [1.807, 2.05) is 12.1 Å². The summed E-state index contributed by atoms with van der Waals surface area (Å²) in [5.74, 6) is 0.526. The van der Waals surface area contributed by atoms with E-state index in [4.69, 9.17) is 14.2 Å². The number of carbonyl (C=O) groups is 2. The van der Waals surface area contributed by atoms with Crippen molar-refractivity contribution in [3.05, 3.63) is 53.6 Å². The van der Waals surface area contributed by atoms with Gasteiger partial charge in [-0.2, -0.15) is 0 Å². The molecule has 24 heavy (non-hydrogen) atoms. The van der Waals surface area contributed by atoms with Crippen LogP contribution in [0.25, 0.3) is 0 Å². The van der Waals surface area contributed by atoms with Gasteiger partial charge in [-0.1, -0.05) is 23.9 Å². The first kappa shape index (κ1) is 16.4. The van der Waals surface area contributed by atoms with Gasteiger partial charge in [-0.05, 0) is 30.3 Å². The fourth-order valence-electron chi connectivity index (χ4n) is 2.45. The molecule has 3 rings (SSSR count). The molecule has 1 aliphatic rings. The van der Waals surface area contributed by atoms with Crippen LogP contribution in [0.2, 0.25) is 0 Å². The van der Waals surface area contributed by atoms with Crippen LogP contribution in [-0.2, 0) is 4.74 Å². The number of benzene rings is 2. The number of fused-ring (bicyclic) bond motifs is 1. The normalized spacial score (nSPS) is 16.1. The van der Waals surface area contributed by atoms with E-state index in [1.165, 1.54) is 26.0 Å². The predicted octanol–water partition coefficient (Wildman–Crippen LogP) is 3.57. The molecule has 1 unspecified atom stereocenters. The van der Waals surface area contributed by atoms with Crippen molar-refractivity contribution in [3.8, 4) is 11.5 Å². The summed E-state index contributed by atoms with van der Waals surface area (Å²) in [4.78, 5) is 25.3. The van der Waals surface area contributed by atoms with E-state index in [9.17, 15) is 9.59 Å². The van der Waals surface area contributed by atoms with Crippen LogP contribution < -0.4 is 9.47 Å².